The van der Waals surface area contributed by atoms with Gasteiger partial charge in [-0.3, -0.25) is 0 Å². The van der Waals surface area contributed by atoms with Crippen LogP contribution in [0.3, 0.4) is 0 Å². The van der Waals surface area contributed by atoms with E-state index in [4.69, 9.17) is 5.11 Å². The quantitative estimate of drug-likeness (QED) is 0.884. The molecule has 2 N–H and O–H groups in total. The number of nitrogens with one attached hydrogen (secondary N) is 1. The Bertz CT molecular complexity index is 639. The molecule has 9 heteroatoms. The van der Waals surface area contributed by atoms with E-state index in [1.807, 2.05) is 0 Å². The lowest BCUT2D eigenvalue weighted by atomic mass is 10.3. The van der Waals surface area contributed by atoms with Gasteiger partial charge in [-0.1, -0.05) is 6.07 Å². The molecule has 2 heterocycles. The van der Waals surface area contributed by atoms with Gasteiger partial charge in [-0.15, -0.1) is 0 Å². The van der Waals surface area contributed by atoms with Gasteiger partial charge in [-0.2, -0.15) is 13.2 Å². The lowest BCUT2D eigenvalue weighted by Gasteiger charge is -2.09. The van der Waals surface area contributed by atoms with Gasteiger partial charge >= 0.3 is 12.1 Å². The number of imidazole rings is 1. The minimum absolute atomic E-state index is 0.0906. The fourth-order valence-electron chi connectivity index (χ4n) is 1.60. The van der Waals surface area contributed by atoms with Crippen LogP contribution < -0.4 is 5.32 Å². The Morgan fingerprint density at radius 3 is 2.76 bits per heavy atom. The molecule has 0 saturated heterocycles. The first-order valence-corrected chi connectivity index (χ1v) is 5.89. The van der Waals surface area contributed by atoms with Gasteiger partial charge in [0.25, 0.3) is 0 Å². The lowest BCUT2D eigenvalue weighted by Crippen LogP contribution is -2.13. The third-order valence-electron chi connectivity index (χ3n) is 2.57. The smallest absolute Gasteiger partial charge is 0.433 e. The lowest BCUT2D eigenvalue weighted by molar-refractivity contribution is -0.141. The van der Waals surface area contributed by atoms with Crippen molar-refractivity contribution in [2.24, 2.45) is 0 Å². The molecule has 2 aromatic heterocycles. The van der Waals surface area contributed by atoms with Gasteiger partial charge in [0.15, 0.2) is 5.69 Å². The third-order valence-corrected chi connectivity index (χ3v) is 2.57. The molecule has 0 aliphatic rings. The summed E-state index contributed by atoms with van der Waals surface area (Å²) in [5.41, 5.74) is -1.06. The number of halogens is 3. The van der Waals surface area contributed by atoms with Crippen molar-refractivity contribution >= 4 is 11.8 Å². The monoisotopic (exact) mass is 300 g/mol. The Balaban J connectivity index is 1.92. The third kappa shape index (κ3) is 3.94. The Hall–Kier alpha value is -2.58. The molecule has 0 radical (unpaired) electrons. The predicted octanol–water partition coefficient (Wildman–Crippen LogP) is 2.11. The fraction of sp³-hybridized carbons (Fsp3) is 0.250. The molecule has 0 atom stereocenters. The maximum absolute atomic E-state index is 12.5. The number of carboxylic acid groups (broad SMARTS) is 1. The highest BCUT2D eigenvalue weighted by Crippen LogP contribution is 2.28. The fourth-order valence-corrected chi connectivity index (χ4v) is 1.60. The zero-order valence-corrected chi connectivity index (χ0v) is 10.6. The van der Waals surface area contributed by atoms with Gasteiger partial charge in [-0.25, -0.2) is 14.8 Å². The number of rotatable bonds is 5. The average Bonchev–Trinajstić information content (AvgIpc) is 2.87. The largest absolute Gasteiger partial charge is 0.476 e. The first-order chi connectivity index (χ1) is 9.86. The zero-order chi connectivity index (χ0) is 15.5. The number of carboxylic acids is 1. The summed E-state index contributed by atoms with van der Waals surface area (Å²) in [5, 5.41) is 11.4. The molecule has 0 bridgehead atoms. The SMILES string of the molecule is O=C(O)c1cn(CCNc2cccc(C(F)(F)F)n2)cn1. The van der Waals surface area contributed by atoms with Crippen LogP contribution in [0.4, 0.5) is 19.0 Å². The van der Waals surface area contributed by atoms with Crippen LogP contribution in [0.25, 0.3) is 0 Å². The maximum atomic E-state index is 12.5. The number of carbonyl (C=O) groups is 1. The van der Waals surface area contributed by atoms with E-state index < -0.39 is 17.8 Å². The molecular formula is C12H11F3N4O2. The van der Waals surface area contributed by atoms with Crippen molar-refractivity contribution in [3.63, 3.8) is 0 Å². The number of alkyl halides is 3. The summed E-state index contributed by atoms with van der Waals surface area (Å²) in [6.07, 6.45) is -1.81. The molecule has 2 rings (SSSR count). The van der Waals surface area contributed by atoms with Gasteiger partial charge in [0.05, 0.1) is 6.33 Å². The number of aromatic nitrogens is 3. The standard InChI is InChI=1S/C12H11F3N4O2/c13-12(14,15)9-2-1-3-10(18-9)16-4-5-19-6-8(11(20)21)17-7-19/h1-3,6-7H,4-5H2,(H,16,18)(H,20,21). The number of anilines is 1. The van der Waals surface area contributed by atoms with Crippen LogP contribution >= 0.6 is 0 Å². The topological polar surface area (TPSA) is 80.0 Å². The van der Waals surface area contributed by atoms with Crippen molar-refractivity contribution in [1.82, 2.24) is 14.5 Å². The molecule has 0 aliphatic carbocycles. The number of nitrogens with zero attached hydrogens (tertiary/aromatic N) is 3. The van der Waals surface area contributed by atoms with Crippen LogP contribution in [0.2, 0.25) is 0 Å². The summed E-state index contributed by atoms with van der Waals surface area (Å²) in [6, 6.07) is 3.57. The van der Waals surface area contributed by atoms with Crippen molar-refractivity contribution in [1.29, 1.82) is 0 Å². The first kappa shape index (κ1) is 14.8. The van der Waals surface area contributed by atoms with Gasteiger partial charge in [0, 0.05) is 19.3 Å². The van der Waals surface area contributed by atoms with Crippen molar-refractivity contribution in [2.75, 3.05) is 11.9 Å². The Morgan fingerprint density at radius 1 is 1.38 bits per heavy atom. The summed E-state index contributed by atoms with van der Waals surface area (Å²) < 4.78 is 38.9. The highest BCUT2D eigenvalue weighted by Gasteiger charge is 2.32. The van der Waals surface area contributed by atoms with E-state index in [2.05, 4.69) is 15.3 Å². The molecule has 0 spiro atoms. The number of aromatic carboxylic acids is 1. The molecule has 0 amide bonds. The van der Waals surface area contributed by atoms with Crippen molar-refractivity contribution in [2.45, 2.75) is 12.7 Å². The van der Waals surface area contributed by atoms with Gasteiger partial charge < -0.3 is 15.0 Å². The normalized spacial score (nSPS) is 11.4. The van der Waals surface area contributed by atoms with E-state index in [-0.39, 0.29) is 18.1 Å². The molecule has 0 fully saturated rings. The van der Waals surface area contributed by atoms with E-state index in [0.29, 0.717) is 6.54 Å². The van der Waals surface area contributed by atoms with Crippen molar-refractivity contribution in [3.8, 4) is 0 Å². The second-order valence-corrected chi connectivity index (χ2v) is 4.13. The summed E-state index contributed by atoms with van der Waals surface area (Å²) >= 11 is 0. The van der Waals surface area contributed by atoms with Crippen LogP contribution in [0.1, 0.15) is 16.2 Å². The van der Waals surface area contributed by atoms with E-state index in [1.165, 1.54) is 29.2 Å². The molecule has 2 aromatic rings. The first-order valence-electron chi connectivity index (χ1n) is 5.89. The highest BCUT2D eigenvalue weighted by molar-refractivity contribution is 5.84. The maximum Gasteiger partial charge on any atom is 0.433 e. The van der Waals surface area contributed by atoms with Crippen LogP contribution in [0.5, 0.6) is 0 Å². The van der Waals surface area contributed by atoms with Crippen LogP contribution in [0, 0.1) is 0 Å². The minimum Gasteiger partial charge on any atom is -0.476 e. The molecular weight excluding hydrogens is 289 g/mol. The highest BCUT2D eigenvalue weighted by atomic mass is 19.4. The van der Waals surface area contributed by atoms with Crippen LogP contribution in [-0.4, -0.2) is 32.2 Å². The summed E-state index contributed by atoms with van der Waals surface area (Å²) in [7, 11) is 0. The number of hydrogen-bond acceptors (Lipinski definition) is 4. The Morgan fingerprint density at radius 2 is 2.14 bits per heavy atom. The van der Waals surface area contributed by atoms with Gasteiger partial charge in [-0.05, 0) is 12.1 Å². The Labute approximate surface area is 117 Å². The summed E-state index contributed by atoms with van der Waals surface area (Å²) in [4.78, 5) is 17.7. The van der Waals surface area contributed by atoms with Crippen LogP contribution in [0.15, 0.2) is 30.7 Å². The molecule has 0 aliphatic heterocycles. The van der Waals surface area contributed by atoms with E-state index in [0.717, 1.165) is 6.07 Å². The van der Waals surface area contributed by atoms with E-state index >= 15 is 0 Å². The molecule has 6 nitrogen and oxygen atoms in total. The van der Waals surface area contributed by atoms with Crippen LogP contribution in [-0.2, 0) is 12.7 Å². The van der Waals surface area contributed by atoms with Crippen molar-refractivity contribution < 1.29 is 23.1 Å². The van der Waals surface area contributed by atoms with Gasteiger partial charge in [0.1, 0.15) is 11.5 Å². The summed E-state index contributed by atoms with van der Waals surface area (Å²) in [5.74, 6) is -1.04. The average molecular weight is 300 g/mol. The molecule has 21 heavy (non-hydrogen) atoms. The second kappa shape index (κ2) is 5.81. The molecule has 0 unspecified atom stereocenters. The van der Waals surface area contributed by atoms with E-state index in [1.54, 1.807) is 0 Å². The minimum atomic E-state index is -4.49. The van der Waals surface area contributed by atoms with Crippen molar-refractivity contribution in [3.05, 3.63) is 42.1 Å². The van der Waals surface area contributed by atoms with Gasteiger partial charge in [0.2, 0.25) is 0 Å². The Kier molecular flexibility index (Phi) is 4.10. The molecule has 0 aromatic carbocycles. The molecule has 112 valence electrons. The predicted molar refractivity (Wildman–Crippen MR) is 66.9 cm³/mol. The number of hydrogen-bond donors (Lipinski definition) is 2. The van der Waals surface area contributed by atoms with E-state index in [9.17, 15) is 18.0 Å². The zero-order valence-electron chi connectivity index (χ0n) is 10.6. The number of pyridine rings is 1. The summed E-state index contributed by atoms with van der Waals surface area (Å²) in [6.45, 7) is 0.627. The molecule has 0 saturated carbocycles. The second-order valence-electron chi connectivity index (χ2n) is 4.13.